The van der Waals surface area contributed by atoms with Gasteiger partial charge in [-0.1, -0.05) is 5.21 Å². The second-order valence-electron chi connectivity index (χ2n) is 8.07. The normalized spacial score (nSPS) is 23.4. The van der Waals surface area contributed by atoms with E-state index in [-0.39, 0.29) is 17.6 Å². The number of piperidine rings is 1. The van der Waals surface area contributed by atoms with E-state index >= 15 is 0 Å². The molecule has 9 heteroatoms. The molecule has 2 saturated heterocycles. The van der Waals surface area contributed by atoms with Crippen LogP contribution in [0.1, 0.15) is 47.4 Å². The highest BCUT2D eigenvalue weighted by Gasteiger charge is 2.41. The number of hydrogen-bond donors (Lipinski definition) is 0. The summed E-state index contributed by atoms with van der Waals surface area (Å²) in [5, 5.41) is 12.5. The van der Waals surface area contributed by atoms with E-state index in [4.69, 9.17) is 14.2 Å². The molecule has 156 valence electrons. The Morgan fingerprint density at radius 3 is 3.03 bits per heavy atom. The van der Waals surface area contributed by atoms with Crippen molar-refractivity contribution in [2.24, 2.45) is 0 Å². The third kappa shape index (κ3) is 3.96. The van der Waals surface area contributed by atoms with Gasteiger partial charge in [0.15, 0.2) is 0 Å². The summed E-state index contributed by atoms with van der Waals surface area (Å²) in [6, 6.07) is 1.89. The van der Waals surface area contributed by atoms with Crippen molar-refractivity contribution in [1.29, 1.82) is 0 Å². The number of amides is 1. The minimum atomic E-state index is -0.262. The molecule has 5 heterocycles. The van der Waals surface area contributed by atoms with E-state index in [9.17, 15) is 4.79 Å². The first kappa shape index (κ1) is 19.2. The highest BCUT2D eigenvalue weighted by molar-refractivity contribution is 7.08. The van der Waals surface area contributed by atoms with Gasteiger partial charge in [0.1, 0.15) is 5.69 Å². The molecule has 0 saturated carbocycles. The topological polar surface area (TPSA) is 78.7 Å². The van der Waals surface area contributed by atoms with Gasteiger partial charge in [-0.3, -0.25) is 4.79 Å². The Labute approximate surface area is 173 Å². The molecule has 1 atom stereocenters. The highest BCUT2D eigenvalue weighted by atomic mass is 32.1. The van der Waals surface area contributed by atoms with Crippen LogP contribution in [0.5, 0.6) is 0 Å². The van der Waals surface area contributed by atoms with Crippen LogP contribution >= 0.6 is 11.3 Å². The molecule has 2 aromatic heterocycles. The lowest BCUT2D eigenvalue weighted by Crippen LogP contribution is -2.52. The second-order valence-corrected chi connectivity index (χ2v) is 8.85. The standard InChI is InChI=1S/C20H26N4O4S/c25-19(15-3-9-29-13-15)23-6-4-20(5-7-23)14-24-18(12-28-20)17(21-22-24)11-26-10-16-2-1-8-27-16/h3,9,13,16H,1-2,4-8,10-12,14H2. The van der Waals surface area contributed by atoms with Crippen molar-refractivity contribution in [2.45, 2.75) is 57.1 Å². The van der Waals surface area contributed by atoms with Crippen LogP contribution < -0.4 is 0 Å². The van der Waals surface area contributed by atoms with Crippen LogP contribution in [-0.4, -0.2) is 63.8 Å². The number of carbonyl (C=O) groups excluding carboxylic acids is 1. The smallest absolute Gasteiger partial charge is 0.254 e. The molecule has 29 heavy (non-hydrogen) atoms. The summed E-state index contributed by atoms with van der Waals surface area (Å²) in [6.45, 7) is 4.46. The van der Waals surface area contributed by atoms with Crippen LogP contribution in [0.4, 0.5) is 0 Å². The summed E-state index contributed by atoms with van der Waals surface area (Å²) >= 11 is 1.55. The van der Waals surface area contributed by atoms with E-state index in [0.717, 1.165) is 49.2 Å². The van der Waals surface area contributed by atoms with Crippen molar-refractivity contribution in [3.63, 3.8) is 0 Å². The molecule has 2 aromatic rings. The third-order valence-electron chi connectivity index (χ3n) is 6.17. The first-order valence-corrected chi connectivity index (χ1v) is 11.2. The molecule has 0 aromatic carbocycles. The van der Waals surface area contributed by atoms with E-state index in [1.165, 1.54) is 0 Å². The number of rotatable bonds is 5. The van der Waals surface area contributed by atoms with Gasteiger partial charge < -0.3 is 19.1 Å². The summed E-state index contributed by atoms with van der Waals surface area (Å²) in [6.07, 6.45) is 4.02. The van der Waals surface area contributed by atoms with Crippen molar-refractivity contribution in [3.05, 3.63) is 33.8 Å². The SMILES string of the molecule is O=C(c1ccsc1)N1CCC2(CC1)Cn1nnc(COCC3CCCO3)c1CO2. The lowest BCUT2D eigenvalue weighted by molar-refractivity contribution is -0.120. The molecule has 3 aliphatic heterocycles. The molecular weight excluding hydrogens is 392 g/mol. The van der Waals surface area contributed by atoms with Crippen molar-refractivity contribution in [2.75, 3.05) is 26.3 Å². The molecule has 3 aliphatic rings. The molecule has 5 rings (SSSR count). The van der Waals surface area contributed by atoms with Crippen molar-refractivity contribution < 1.29 is 19.0 Å². The lowest BCUT2D eigenvalue weighted by Gasteiger charge is -2.43. The zero-order valence-corrected chi connectivity index (χ0v) is 17.2. The van der Waals surface area contributed by atoms with Gasteiger partial charge in [0.2, 0.25) is 0 Å². The molecule has 1 amide bonds. The van der Waals surface area contributed by atoms with E-state index in [2.05, 4.69) is 10.3 Å². The number of carbonyl (C=O) groups is 1. The van der Waals surface area contributed by atoms with Crippen molar-refractivity contribution in [1.82, 2.24) is 19.9 Å². The molecule has 0 aliphatic carbocycles. The van der Waals surface area contributed by atoms with Crippen LogP contribution in [0.3, 0.4) is 0 Å². The Balaban J connectivity index is 1.16. The fourth-order valence-corrected chi connectivity index (χ4v) is 4.99. The van der Waals surface area contributed by atoms with Gasteiger partial charge in [0, 0.05) is 25.1 Å². The number of ether oxygens (including phenoxy) is 3. The van der Waals surface area contributed by atoms with Crippen LogP contribution in [0.25, 0.3) is 0 Å². The van der Waals surface area contributed by atoms with Crippen LogP contribution in [0.2, 0.25) is 0 Å². The Morgan fingerprint density at radius 1 is 1.38 bits per heavy atom. The average Bonchev–Trinajstić information content (AvgIpc) is 3.51. The monoisotopic (exact) mass is 418 g/mol. The molecule has 8 nitrogen and oxygen atoms in total. The molecular formula is C20H26N4O4S. The maximum Gasteiger partial charge on any atom is 0.254 e. The van der Waals surface area contributed by atoms with Crippen LogP contribution in [0.15, 0.2) is 16.8 Å². The number of fused-ring (bicyclic) bond motifs is 1. The molecule has 0 radical (unpaired) electrons. The van der Waals surface area contributed by atoms with Gasteiger partial charge in [-0.25, -0.2) is 4.68 Å². The second kappa shape index (κ2) is 8.14. The minimum absolute atomic E-state index is 0.115. The summed E-state index contributed by atoms with van der Waals surface area (Å²) in [5.41, 5.74) is 2.37. The van der Waals surface area contributed by atoms with Crippen LogP contribution in [0, 0.1) is 0 Å². The maximum atomic E-state index is 12.6. The Kier molecular flexibility index (Phi) is 5.38. The zero-order chi connectivity index (χ0) is 19.7. The first-order chi connectivity index (χ1) is 14.2. The van der Waals surface area contributed by atoms with E-state index < -0.39 is 0 Å². The van der Waals surface area contributed by atoms with Crippen LogP contribution in [-0.2, 0) is 34.0 Å². The summed E-state index contributed by atoms with van der Waals surface area (Å²) in [5.74, 6) is 0.115. The van der Waals surface area contributed by atoms with Gasteiger partial charge in [0.25, 0.3) is 5.91 Å². The maximum absolute atomic E-state index is 12.6. The molecule has 0 bridgehead atoms. The predicted molar refractivity (Wildman–Crippen MR) is 106 cm³/mol. The summed E-state index contributed by atoms with van der Waals surface area (Å²) < 4.78 is 19.7. The van der Waals surface area contributed by atoms with Crippen molar-refractivity contribution in [3.8, 4) is 0 Å². The first-order valence-electron chi connectivity index (χ1n) is 10.3. The van der Waals surface area contributed by atoms with Gasteiger partial charge in [-0.2, -0.15) is 11.3 Å². The van der Waals surface area contributed by atoms with Gasteiger partial charge in [-0.15, -0.1) is 5.10 Å². The van der Waals surface area contributed by atoms with E-state index in [0.29, 0.717) is 39.5 Å². The molecule has 0 N–H and O–H groups in total. The number of aromatic nitrogens is 3. The summed E-state index contributed by atoms with van der Waals surface area (Å²) in [7, 11) is 0. The van der Waals surface area contributed by atoms with Gasteiger partial charge >= 0.3 is 0 Å². The predicted octanol–water partition coefficient (Wildman–Crippen LogP) is 2.24. The molecule has 1 unspecified atom stereocenters. The zero-order valence-electron chi connectivity index (χ0n) is 16.4. The number of thiophene rings is 1. The van der Waals surface area contributed by atoms with Gasteiger partial charge in [-0.05, 0) is 37.1 Å². The summed E-state index contributed by atoms with van der Waals surface area (Å²) in [4.78, 5) is 14.5. The fraction of sp³-hybridized carbons (Fsp3) is 0.650. The Hall–Kier alpha value is -1.81. The lowest BCUT2D eigenvalue weighted by atomic mass is 9.89. The Morgan fingerprint density at radius 2 is 2.28 bits per heavy atom. The minimum Gasteiger partial charge on any atom is -0.376 e. The number of hydrogen-bond acceptors (Lipinski definition) is 7. The quantitative estimate of drug-likeness (QED) is 0.741. The van der Waals surface area contributed by atoms with Crippen molar-refractivity contribution >= 4 is 17.2 Å². The van der Waals surface area contributed by atoms with E-state index in [1.54, 1.807) is 11.3 Å². The average molecular weight is 419 g/mol. The number of likely N-dealkylation sites (tertiary alicyclic amines) is 1. The largest absolute Gasteiger partial charge is 0.376 e. The molecule has 1 spiro atoms. The van der Waals surface area contributed by atoms with Gasteiger partial charge in [0.05, 0.1) is 49.3 Å². The highest BCUT2D eigenvalue weighted by Crippen LogP contribution is 2.34. The van der Waals surface area contributed by atoms with E-state index in [1.807, 2.05) is 26.4 Å². The third-order valence-corrected chi connectivity index (χ3v) is 6.85. The Bertz CT molecular complexity index is 839. The number of nitrogens with zero attached hydrogens (tertiary/aromatic N) is 4. The molecule has 2 fully saturated rings. The fourth-order valence-electron chi connectivity index (χ4n) is 4.36.